The van der Waals surface area contributed by atoms with Crippen LogP contribution in [0.4, 0.5) is 13.2 Å². The van der Waals surface area contributed by atoms with Crippen LogP contribution < -0.4 is 18.9 Å². The lowest BCUT2D eigenvalue weighted by Gasteiger charge is -2.21. The summed E-state index contributed by atoms with van der Waals surface area (Å²) in [6, 6.07) is 11.6. The van der Waals surface area contributed by atoms with Crippen LogP contribution in [-0.4, -0.2) is 44.1 Å². The Balaban J connectivity index is 1.57. The van der Waals surface area contributed by atoms with Crippen LogP contribution in [0, 0.1) is 0 Å². The number of rotatable bonds is 11. The molecule has 0 saturated carbocycles. The molecule has 0 saturated heterocycles. The van der Waals surface area contributed by atoms with E-state index in [0.717, 1.165) is 12.1 Å². The van der Waals surface area contributed by atoms with Crippen molar-refractivity contribution in [1.29, 1.82) is 0 Å². The number of aliphatic carboxylic acids is 1. The van der Waals surface area contributed by atoms with Gasteiger partial charge in [0.25, 0.3) is 0 Å². The van der Waals surface area contributed by atoms with Crippen LogP contribution in [0.3, 0.4) is 0 Å². The molecule has 0 aliphatic carbocycles. The average molecular weight is 574 g/mol. The van der Waals surface area contributed by atoms with Crippen LogP contribution in [0.5, 0.6) is 23.3 Å². The minimum atomic E-state index is -4.82. The van der Waals surface area contributed by atoms with Gasteiger partial charge in [0, 0.05) is 23.5 Å². The first-order chi connectivity index (χ1) is 19.3. The van der Waals surface area contributed by atoms with Gasteiger partial charge in [-0.2, -0.15) is 0 Å². The first-order valence-electron chi connectivity index (χ1n) is 12.3. The number of alkyl halides is 3. The van der Waals surface area contributed by atoms with Crippen molar-refractivity contribution in [2.75, 3.05) is 0 Å². The molecule has 0 radical (unpaired) electrons. The van der Waals surface area contributed by atoms with Gasteiger partial charge in [-0.1, -0.05) is 0 Å². The molecular weight excluding hydrogens is 547 g/mol. The zero-order valence-electron chi connectivity index (χ0n) is 22.4. The van der Waals surface area contributed by atoms with E-state index in [-0.39, 0.29) is 36.1 Å². The van der Waals surface area contributed by atoms with E-state index >= 15 is 0 Å². The van der Waals surface area contributed by atoms with Crippen LogP contribution in [0.25, 0.3) is 22.6 Å². The molecule has 0 amide bonds. The largest absolute Gasteiger partial charge is 0.573 e. The zero-order valence-corrected chi connectivity index (χ0v) is 22.4. The second-order valence-electron chi connectivity index (χ2n) is 9.46. The van der Waals surface area contributed by atoms with Crippen molar-refractivity contribution >= 4 is 5.97 Å². The predicted molar refractivity (Wildman–Crippen MR) is 139 cm³/mol. The highest BCUT2D eigenvalue weighted by Crippen LogP contribution is 2.34. The lowest BCUT2D eigenvalue weighted by atomic mass is 10.1. The Kier molecular flexibility index (Phi) is 8.36. The summed E-state index contributed by atoms with van der Waals surface area (Å²) in [6.07, 6.45) is -1.96. The van der Waals surface area contributed by atoms with E-state index in [2.05, 4.69) is 19.7 Å². The first-order valence-corrected chi connectivity index (χ1v) is 12.3. The molecule has 0 fully saturated rings. The molecule has 0 bridgehead atoms. The quantitative estimate of drug-likeness (QED) is 0.218. The van der Waals surface area contributed by atoms with Gasteiger partial charge < -0.3 is 28.5 Å². The van der Waals surface area contributed by atoms with Crippen LogP contribution in [0.1, 0.15) is 33.6 Å². The van der Waals surface area contributed by atoms with Crippen LogP contribution >= 0.6 is 0 Å². The van der Waals surface area contributed by atoms with E-state index < -0.39 is 17.9 Å². The molecule has 1 N–H and O–H groups in total. The lowest BCUT2D eigenvalue weighted by molar-refractivity contribution is -0.274. The number of hydrogen-bond donors (Lipinski definition) is 1. The Morgan fingerprint density at radius 1 is 0.902 bits per heavy atom. The number of ether oxygens (including phenoxy) is 4. The third-order valence-electron chi connectivity index (χ3n) is 5.34. The molecule has 0 spiro atoms. The van der Waals surface area contributed by atoms with Gasteiger partial charge in [0.05, 0.1) is 6.10 Å². The van der Waals surface area contributed by atoms with Crippen molar-refractivity contribution in [3.05, 3.63) is 66.8 Å². The molecule has 2 heterocycles. The Bertz CT molecular complexity index is 1470. The third kappa shape index (κ3) is 7.87. The molecule has 0 aliphatic heterocycles. The van der Waals surface area contributed by atoms with Crippen molar-refractivity contribution in [2.24, 2.45) is 0 Å². The fraction of sp³-hybridized carbons (Fsp3) is 0.286. The summed E-state index contributed by atoms with van der Waals surface area (Å²) in [5.74, 6) is -0.303. The predicted octanol–water partition coefficient (Wildman–Crippen LogP) is 6.31. The maximum Gasteiger partial charge on any atom is 0.573 e. The molecule has 0 unspecified atom stereocenters. The van der Waals surface area contributed by atoms with Gasteiger partial charge in [0.15, 0.2) is 18.0 Å². The number of carboxylic acid groups (broad SMARTS) is 1. The summed E-state index contributed by atoms with van der Waals surface area (Å²) in [7, 11) is 0. The molecule has 2 aromatic carbocycles. The van der Waals surface area contributed by atoms with Crippen molar-refractivity contribution in [3.63, 3.8) is 0 Å². The minimum Gasteiger partial charge on any atom is -0.484 e. The van der Waals surface area contributed by atoms with Crippen molar-refractivity contribution in [3.8, 4) is 45.8 Å². The number of halogens is 3. The number of benzene rings is 2. The maximum atomic E-state index is 12.6. The summed E-state index contributed by atoms with van der Waals surface area (Å²) >= 11 is 0. The van der Waals surface area contributed by atoms with Crippen LogP contribution in [0.2, 0.25) is 0 Å². The molecule has 0 atom stereocenters. The summed E-state index contributed by atoms with van der Waals surface area (Å²) in [5, 5.41) is 9.23. The van der Waals surface area contributed by atoms with Gasteiger partial charge in [0.2, 0.25) is 5.89 Å². The topological polar surface area (TPSA) is 126 Å². The standard InChI is InChI=1S/C28H26F3N3O7/c1-16(2)38-26-32-13-18(14-33-26)23-24(17-5-7-21(8-6-17)41-28(29,30)31)39-22(34-23)15-37-19-9-11-20(12-10-19)40-27(3,4)25(35)36/h5-14,16H,15H2,1-4H3,(H,35,36). The van der Waals surface area contributed by atoms with Gasteiger partial charge >= 0.3 is 18.3 Å². The molecule has 13 heteroatoms. The smallest absolute Gasteiger partial charge is 0.484 e. The molecule has 10 nitrogen and oxygen atoms in total. The summed E-state index contributed by atoms with van der Waals surface area (Å²) in [6.45, 7) is 6.44. The summed E-state index contributed by atoms with van der Waals surface area (Å²) in [5.41, 5.74) is -0.167. The number of carboxylic acids is 1. The second kappa shape index (κ2) is 11.7. The molecule has 4 rings (SSSR count). The minimum absolute atomic E-state index is 0.0987. The third-order valence-corrected chi connectivity index (χ3v) is 5.34. The summed E-state index contributed by atoms with van der Waals surface area (Å²) in [4.78, 5) is 24.2. The Hall–Kier alpha value is -4.81. The highest BCUT2D eigenvalue weighted by molar-refractivity contribution is 5.77. The van der Waals surface area contributed by atoms with Crippen molar-refractivity contribution < 1.29 is 46.4 Å². The monoisotopic (exact) mass is 573 g/mol. The number of hydrogen-bond acceptors (Lipinski definition) is 9. The molecule has 2 aromatic heterocycles. The van der Waals surface area contributed by atoms with E-state index in [1.54, 1.807) is 24.3 Å². The van der Waals surface area contributed by atoms with E-state index in [9.17, 15) is 23.1 Å². The second-order valence-corrected chi connectivity index (χ2v) is 9.46. The van der Waals surface area contributed by atoms with E-state index in [1.807, 2.05) is 13.8 Å². The van der Waals surface area contributed by atoms with Crippen molar-refractivity contribution in [2.45, 2.75) is 52.4 Å². The van der Waals surface area contributed by atoms with Gasteiger partial charge in [-0.15, -0.1) is 13.2 Å². The number of aromatic nitrogens is 3. The summed E-state index contributed by atoms with van der Waals surface area (Å²) < 4.78 is 64.4. The van der Waals surface area contributed by atoms with Gasteiger partial charge in [0.1, 0.15) is 22.9 Å². The molecule has 4 aromatic rings. The number of carbonyl (C=O) groups is 1. The van der Waals surface area contributed by atoms with Gasteiger partial charge in [-0.25, -0.2) is 19.7 Å². The number of oxazole rings is 1. The van der Waals surface area contributed by atoms with Gasteiger partial charge in [-0.3, -0.25) is 0 Å². The molecule has 216 valence electrons. The number of nitrogens with zero attached hydrogens (tertiary/aromatic N) is 3. The zero-order chi connectivity index (χ0) is 29.8. The van der Waals surface area contributed by atoms with E-state index in [0.29, 0.717) is 28.3 Å². The normalized spacial score (nSPS) is 11.8. The fourth-order valence-electron chi connectivity index (χ4n) is 3.42. The highest BCUT2D eigenvalue weighted by Gasteiger charge is 2.31. The van der Waals surface area contributed by atoms with E-state index in [4.69, 9.17) is 18.6 Å². The van der Waals surface area contributed by atoms with E-state index in [1.165, 1.54) is 38.4 Å². The Morgan fingerprint density at radius 3 is 2.02 bits per heavy atom. The average Bonchev–Trinajstić information content (AvgIpc) is 3.32. The van der Waals surface area contributed by atoms with Crippen LogP contribution in [0.15, 0.2) is 65.3 Å². The molecule has 41 heavy (non-hydrogen) atoms. The van der Waals surface area contributed by atoms with Gasteiger partial charge in [-0.05, 0) is 76.2 Å². The SMILES string of the molecule is CC(C)Oc1ncc(-c2nc(COc3ccc(OC(C)(C)C(=O)O)cc3)oc2-c2ccc(OC(F)(F)F)cc2)cn1. The van der Waals surface area contributed by atoms with Crippen LogP contribution in [-0.2, 0) is 11.4 Å². The first kappa shape index (κ1) is 29.2. The fourth-order valence-corrected chi connectivity index (χ4v) is 3.42. The molecule has 0 aliphatic rings. The Labute approximate surface area is 232 Å². The Morgan fingerprint density at radius 2 is 1.46 bits per heavy atom. The van der Waals surface area contributed by atoms with Crippen molar-refractivity contribution in [1.82, 2.24) is 15.0 Å². The lowest BCUT2D eigenvalue weighted by Crippen LogP contribution is -2.37. The maximum absolute atomic E-state index is 12.6. The highest BCUT2D eigenvalue weighted by atomic mass is 19.4. The molecular formula is C28H26F3N3O7.